The third-order valence-electron chi connectivity index (χ3n) is 5.32. The molecule has 31 heavy (non-hydrogen) atoms. The van der Waals surface area contributed by atoms with Crippen LogP contribution in [0.25, 0.3) is 11.1 Å². The van der Waals surface area contributed by atoms with Crippen molar-refractivity contribution in [1.29, 1.82) is 0 Å². The Balaban J connectivity index is 1.51. The maximum atomic E-state index is 13.0. The molecular weight excluding hydrogens is 428 g/mol. The summed E-state index contributed by atoms with van der Waals surface area (Å²) in [6.45, 7) is 1.79. The monoisotopic (exact) mass is 444 g/mol. The van der Waals surface area contributed by atoms with Crippen molar-refractivity contribution in [3.63, 3.8) is 0 Å². The van der Waals surface area contributed by atoms with Crippen LogP contribution in [0.3, 0.4) is 0 Å². The van der Waals surface area contributed by atoms with Gasteiger partial charge in [-0.05, 0) is 37.1 Å². The Hall–Kier alpha value is -3.66. The van der Waals surface area contributed by atoms with Gasteiger partial charge in [0.25, 0.3) is 11.6 Å². The van der Waals surface area contributed by atoms with Gasteiger partial charge in [0.15, 0.2) is 5.58 Å². The van der Waals surface area contributed by atoms with Gasteiger partial charge >= 0.3 is 11.8 Å². The zero-order chi connectivity index (χ0) is 22.3. The molecule has 3 aromatic rings. The van der Waals surface area contributed by atoms with Crippen LogP contribution < -0.4 is 11.1 Å². The minimum atomic E-state index is -1.22. The molecular formula is C20H17ClN4O6. The van der Waals surface area contributed by atoms with Crippen molar-refractivity contribution in [2.24, 2.45) is 0 Å². The minimum Gasteiger partial charge on any atom is -0.408 e. The van der Waals surface area contributed by atoms with Crippen molar-refractivity contribution in [1.82, 2.24) is 14.8 Å². The van der Waals surface area contributed by atoms with Gasteiger partial charge in [-0.15, -0.1) is 0 Å². The normalized spacial score (nSPS) is 18.6. The van der Waals surface area contributed by atoms with Gasteiger partial charge in [0, 0.05) is 30.2 Å². The fourth-order valence-corrected chi connectivity index (χ4v) is 3.77. The number of hydrogen-bond donors (Lipinski definition) is 1. The number of nitrogens with one attached hydrogen (secondary N) is 1. The van der Waals surface area contributed by atoms with Gasteiger partial charge in [-0.3, -0.25) is 24.4 Å². The number of benzene rings is 2. The Morgan fingerprint density at radius 1 is 1.13 bits per heavy atom. The lowest BCUT2D eigenvalue weighted by atomic mass is 9.92. The van der Waals surface area contributed by atoms with Crippen LogP contribution in [-0.2, 0) is 16.9 Å². The molecule has 1 N–H and O–H groups in total. The van der Waals surface area contributed by atoms with Crippen molar-refractivity contribution < 1.29 is 18.9 Å². The Kier molecular flexibility index (Phi) is 5.02. The standard InChI is InChI=1S/C20H17ClN4O6/c1-20(12-3-5-13(21)6-4-12)17(26)24(18(27)22-20)10-2-9-23-15-11-14(25(29)30)7-8-16(15)31-19(23)28/h3-8,11H,2,9-10H2,1H3,(H,22,27). The summed E-state index contributed by atoms with van der Waals surface area (Å²) in [6.07, 6.45) is 0.257. The number of non-ortho nitro benzene ring substituents is 1. The van der Waals surface area contributed by atoms with Gasteiger partial charge in [-0.1, -0.05) is 23.7 Å². The molecule has 0 bridgehead atoms. The fraction of sp³-hybridized carbons (Fsp3) is 0.250. The summed E-state index contributed by atoms with van der Waals surface area (Å²) < 4.78 is 6.36. The highest BCUT2D eigenvalue weighted by Gasteiger charge is 2.48. The lowest BCUT2D eigenvalue weighted by Gasteiger charge is -2.22. The SMILES string of the molecule is CC1(c2ccc(Cl)cc2)NC(=O)N(CCCn2c(=O)oc3ccc([N+](=O)[O-])cc32)C1=O. The third kappa shape index (κ3) is 3.55. The number of aromatic nitrogens is 1. The molecule has 10 nitrogen and oxygen atoms in total. The second-order valence-electron chi connectivity index (χ2n) is 7.30. The summed E-state index contributed by atoms with van der Waals surface area (Å²) in [5, 5.41) is 14.2. The molecule has 3 amide bonds. The molecule has 1 unspecified atom stereocenters. The molecule has 160 valence electrons. The summed E-state index contributed by atoms with van der Waals surface area (Å²) in [7, 11) is 0. The van der Waals surface area contributed by atoms with E-state index in [9.17, 15) is 24.5 Å². The van der Waals surface area contributed by atoms with Crippen LogP contribution in [-0.4, -0.2) is 32.9 Å². The van der Waals surface area contributed by atoms with E-state index in [-0.39, 0.29) is 36.3 Å². The number of hydrogen-bond acceptors (Lipinski definition) is 6. The number of carbonyl (C=O) groups is 2. The molecule has 11 heteroatoms. The van der Waals surface area contributed by atoms with Crippen molar-refractivity contribution in [2.75, 3.05) is 6.54 Å². The van der Waals surface area contributed by atoms with Gasteiger partial charge in [0.2, 0.25) is 0 Å². The van der Waals surface area contributed by atoms with E-state index in [4.69, 9.17) is 16.0 Å². The largest absolute Gasteiger partial charge is 0.419 e. The smallest absolute Gasteiger partial charge is 0.408 e. The van der Waals surface area contributed by atoms with Gasteiger partial charge in [-0.25, -0.2) is 9.59 Å². The van der Waals surface area contributed by atoms with Gasteiger partial charge < -0.3 is 9.73 Å². The number of imide groups is 1. The molecule has 1 saturated heterocycles. The van der Waals surface area contributed by atoms with Crippen LogP contribution in [0.4, 0.5) is 10.5 Å². The maximum Gasteiger partial charge on any atom is 0.419 e. The summed E-state index contributed by atoms with van der Waals surface area (Å²) in [5.74, 6) is -1.08. The molecule has 1 aliphatic rings. The third-order valence-corrected chi connectivity index (χ3v) is 5.57. The molecule has 1 aromatic heterocycles. The number of fused-ring (bicyclic) bond motifs is 1. The van der Waals surface area contributed by atoms with Crippen LogP contribution in [0.15, 0.2) is 51.7 Å². The number of nitro groups is 1. The number of nitro benzene ring substituents is 1. The summed E-state index contributed by atoms with van der Waals surface area (Å²) in [4.78, 5) is 49.1. The molecule has 0 radical (unpaired) electrons. The molecule has 1 fully saturated rings. The number of urea groups is 1. The predicted molar refractivity (Wildman–Crippen MR) is 111 cm³/mol. The Labute approximate surface area is 180 Å². The van der Waals surface area contributed by atoms with Crippen molar-refractivity contribution in [3.8, 4) is 0 Å². The van der Waals surface area contributed by atoms with Gasteiger partial charge in [-0.2, -0.15) is 0 Å². The second-order valence-corrected chi connectivity index (χ2v) is 7.74. The molecule has 4 rings (SSSR count). The highest BCUT2D eigenvalue weighted by Crippen LogP contribution is 2.30. The van der Waals surface area contributed by atoms with E-state index in [1.807, 2.05) is 0 Å². The van der Waals surface area contributed by atoms with E-state index in [0.717, 1.165) is 4.90 Å². The summed E-state index contributed by atoms with van der Waals surface area (Å²) in [6, 6.07) is 9.95. The molecule has 0 spiro atoms. The molecule has 0 saturated carbocycles. The van der Waals surface area contributed by atoms with E-state index in [0.29, 0.717) is 10.6 Å². The van der Waals surface area contributed by atoms with Crippen molar-refractivity contribution in [2.45, 2.75) is 25.4 Å². The molecule has 0 aliphatic carbocycles. The number of oxazole rings is 1. The number of rotatable bonds is 6. The first-order valence-electron chi connectivity index (χ1n) is 9.38. The average Bonchev–Trinajstić information content (AvgIpc) is 3.16. The van der Waals surface area contributed by atoms with Crippen LogP contribution in [0, 0.1) is 10.1 Å². The van der Waals surface area contributed by atoms with Crippen LogP contribution in [0.2, 0.25) is 5.02 Å². The number of carbonyl (C=O) groups excluding carboxylic acids is 2. The van der Waals surface area contributed by atoms with Crippen molar-refractivity contribution in [3.05, 3.63) is 73.7 Å². The van der Waals surface area contributed by atoms with E-state index in [1.165, 1.54) is 22.8 Å². The Bertz CT molecular complexity index is 1260. The highest BCUT2D eigenvalue weighted by atomic mass is 35.5. The number of amides is 3. The fourth-order valence-electron chi connectivity index (χ4n) is 3.64. The van der Waals surface area contributed by atoms with Crippen molar-refractivity contribution >= 4 is 40.3 Å². The average molecular weight is 445 g/mol. The lowest BCUT2D eigenvalue weighted by molar-refractivity contribution is -0.384. The molecule has 2 aromatic carbocycles. The maximum absolute atomic E-state index is 13.0. The number of aryl methyl sites for hydroxylation is 1. The van der Waals surface area contributed by atoms with Crippen LogP contribution in [0.1, 0.15) is 18.9 Å². The number of nitrogens with zero attached hydrogens (tertiary/aromatic N) is 3. The quantitative estimate of drug-likeness (QED) is 0.353. The molecule has 1 aliphatic heterocycles. The van der Waals surface area contributed by atoms with E-state index in [2.05, 4.69) is 5.32 Å². The second kappa shape index (κ2) is 7.55. The zero-order valence-corrected chi connectivity index (χ0v) is 17.1. The molecule has 2 heterocycles. The first-order valence-corrected chi connectivity index (χ1v) is 9.76. The highest BCUT2D eigenvalue weighted by molar-refractivity contribution is 6.30. The van der Waals surface area contributed by atoms with E-state index in [1.54, 1.807) is 31.2 Å². The van der Waals surface area contributed by atoms with E-state index >= 15 is 0 Å². The van der Waals surface area contributed by atoms with E-state index < -0.39 is 28.2 Å². The minimum absolute atomic E-state index is 0.0574. The summed E-state index contributed by atoms with van der Waals surface area (Å²) in [5.41, 5.74) is -0.290. The predicted octanol–water partition coefficient (Wildman–Crippen LogP) is 3.01. The molecule has 1 atom stereocenters. The van der Waals surface area contributed by atoms with Crippen LogP contribution >= 0.6 is 11.6 Å². The topological polar surface area (TPSA) is 128 Å². The van der Waals surface area contributed by atoms with Gasteiger partial charge in [0.1, 0.15) is 5.54 Å². The van der Waals surface area contributed by atoms with Gasteiger partial charge in [0.05, 0.1) is 10.4 Å². The summed E-state index contributed by atoms with van der Waals surface area (Å²) >= 11 is 5.90. The zero-order valence-electron chi connectivity index (χ0n) is 16.3. The van der Waals surface area contributed by atoms with Crippen LogP contribution in [0.5, 0.6) is 0 Å². The Morgan fingerprint density at radius 3 is 2.52 bits per heavy atom. The first-order chi connectivity index (χ1) is 14.7. The first kappa shape index (κ1) is 20.6. The lowest BCUT2D eigenvalue weighted by Crippen LogP contribution is -2.41. The number of halogens is 1. The Morgan fingerprint density at radius 2 is 1.84 bits per heavy atom.